The predicted molar refractivity (Wildman–Crippen MR) is 140 cm³/mol. The van der Waals surface area contributed by atoms with Gasteiger partial charge in [-0.25, -0.2) is 4.98 Å². The summed E-state index contributed by atoms with van der Waals surface area (Å²) >= 11 is 12.0. The van der Waals surface area contributed by atoms with E-state index in [-0.39, 0.29) is 22.0 Å². The van der Waals surface area contributed by atoms with Gasteiger partial charge in [-0.05, 0) is 49.7 Å². The molecule has 0 spiro atoms. The van der Waals surface area contributed by atoms with Crippen LogP contribution in [0.1, 0.15) is 26.3 Å². The van der Waals surface area contributed by atoms with E-state index in [1.807, 2.05) is 19.2 Å². The van der Waals surface area contributed by atoms with Gasteiger partial charge in [0.1, 0.15) is 11.6 Å². The first-order chi connectivity index (χ1) is 16.8. The molecule has 2 aromatic carbocycles. The number of ether oxygens (including phenoxy) is 1. The van der Waals surface area contributed by atoms with Crippen LogP contribution in [0.2, 0.25) is 10.0 Å². The molecule has 0 bridgehead atoms. The van der Waals surface area contributed by atoms with E-state index in [4.69, 9.17) is 27.9 Å². The van der Waals surface area contributed by atoms with Gasteiger partial charge in [-0.15, -0.1) is 0 Å². The van der Waals surface area contributed by atoms with Gasteiger partial charge in [0.25, 0.3) is 11.8 Å². The number of carbonyl (C=O) groups is 2. The van der Waals surface area contributed by atoms with E-state index < -0.39 is 11.8 Å². The van der Waals surface area contributed by atoms with E-state index in [9.17, 15) is 9.59 Å². The van der Waals surface area contributed by atoms with Gasteiger partial charge >= 0.3 is 0 Å². The van der Waals surface area contributed by atoms with Crippen LogP contribution in [-0.4, -0.2) is 55.7 Å². The summed E-state index contributed by atoms with van der Waals surface area (Å²) in [5, 5.41) is 6.16. The number of nitrogens with one attached hydrogen (secondary N) is 2. The second kappa shape index (κ2) is 12.3. The summed E-state index contributed by atoms with van der Waals surface area (Å²) in [5.74, 6) is -0.391. The van der Waals surface area contributed by atoms with Crippen LogP contribution in [0, 0.1) is 0 Å². The molecular formula is C25H25Cl2N5O3. The first-order valence-corrected chi connectivity index (χ1v) is 11.4. The fourth-order valence-corrected chi connectivity index (χ4v) is 3.58. The van der Waals surface area contributed by atoms with Crippen molar-refractivity contribution < 1.29 is 14.3 Å². The Morgan fingerprint density at radius 3 is 2.43 bits per heavy atom. The Morgan fingerprint density at radius 2 is 1.80 bits per heavy atom. The van der Waals surface area contributed by atoms with Crippen molar-refractivity contribution in [3.8, 4) is 5.75 Å². The van der Waals surface area contributed by atoms with Crippen LogP contribution in [0.4, 0.5) is 11.5 Å². The molecule has 182 valence electrons. The molecule has 3 rings (SSSR count). The van der Waals surface area contributed by atoms with Crippen molar-refractivity contribution in [2.24, 2.45) is 4.99 Å². The third-order valence-corrected chi connectivity index (χ3v) is 5.49. The van der Waals surface area contributed by atoms with Crippen LogP contribution in [0.25, 0.3) is 0 Å². The molecule has 0 unspecified atom stereocenters. The molecule has 2 amide bonds. The van der Waals surface area contributed by atoms with Crippen LogP contribution in [-0.2, 0) is 6.54 Å². The molecule has 0 aliphatic heterocycles. The number of carbonyl (C=O) groups excluding carboxylic acids is 2. The van der Waals surface area contributed by atoms with Gasteiger partial charge in [0, 0.05) is 35.9 Å². The third kappa shape index (κ3) is 7.26. The molecule has 0 radical (unpaired) electrons. The molecule has 0 fully saturated rings. The fraction of sp³-hybridized carbons (Fsp3) is 0.200. The minimum atomic E-state index is -0.525. The Bertz CT molecular complexity index is 1200. The fourth-order valence-electron chi connectivity index (χ4n) is 3.26. The molecule has 2 N–H and O–H groups in total. The Labute approximate surface area is 213 Å². The number of benzene rings is 2. The average Bonchev–Trinajstić information content (AvgIpc) is 2.85. The first kappa shape index (κ1) is 26.2. The lowest BCUT2D eigenvalue weighted by atomic mass is 10.1. The van der Waals surface area contributed by atoms with E-state index in [1.54, 1.807) is 24.3 Å². The highest BCUT2D eigenvalue weighted by Gasteiger charge is 2.21. The Balaban J connectivity index is 1.80. The minimum Gasteiger partial charge on any atom is -0.494 e. The molecular weight excluding hydrogens is 489 g/mol. The van der Waals surface area contributed by atoms with Gasteiger partial charge in [-0.2, -0.15) is 0 Å². The molecule has 1 aromatic heterocycles. The van der Waals surface area contributed by atoms with Crippen molar-refractivity contribution >= 4 is 53.2 Å². The number of likely N-dealkylation sites (N-methyl/N-ethyl adjacent to an activating group) is 1. The van der Waals surface area contributed by atoms with Gasteiger partial charge in [-0.3, -0.25) is 14.6 Å². The number of hydrogen-bond donors (Lipinski definition) is 2. The van der Waals surface area contributed by atoms with Gasteiger partial charge in [0.2, 0.25) is 0 Å². The maximum absolute atomic E-state index is 13.0. The second-order valence-electron chi connectivity index (χ2n) is 7.68. The van der Waals surface area contributed by atoms with Crippen molar-refractivity contribution in [1.29, 1.82) is 0 Å². The van der Waals surface area contributed by atoms with Crippen molar-refractivity contribution in [2.75, 3.05) is 37.9 Å². The largest absolute Gasteiger partial charge is 0.494 e. The van der Waals surface area contributed by atoms with E-state index in [0.717, 1.165) is 12.1 Å². The normalized spacial score (nSPS) is 10.7. The molecule has 0 aliphatic rings. The topological polar surface area (TPSA) is 95.9 Å². The van der Waals surface area contributed by atoms with Gasteiger partial charge in [-0.1, -0.05) is 35.3 Å². The molecule has 3 aromatic rings. The summed E-state index contributed by atoms with van der Waals surface area (Å²) in [4.78, 5) is 36.1. The van der Waals surface area contributed by atoms with Gasteiger partial charge in [0.05, 0.1) is 29.9 Å². The smallest absolute Gasteiger partial charge is 0.259 e. The van der Waals surface area contributed by atoms with Crippen molar-refractivity contribution in [3.05, 3.63) is 81.5 Å². The number of methoxy groups -OCH3 is 1. The zero-order valence-corrected chi connectivity index (χ0v) is 20.9. The summed E-state index contributed by atoms with van der Waals surface area (Å²) in [6, 6.07) is 13.3. The summed E-state index contributed by atoms with van der Waals surface area (Å²) in [6.07, 6.45) is 1.41. The Kier molecular flexibility index (Phi) is 9.19. The molecule has 35 heavy (non-hydrogen) atoms. The SMILES string of the molecule is C=NCCN(C)Cc1ccc(C(=O)Nc2c(OC)cc(Cl)cc2C(=O)Nc2ccc(Cl)cn2)cc1. The van der Waals surface area contributed by atoms with Gasteiger partial charge < -0.3 is 20.3 Å². The standard InChI is InChI=1S/C25H25Cl2N5O3/c1-28-10-11-32(2)15-16-4-6-17(7-5-16)24(33)31-23-20(12-19(27)13-21(23)35-3)25(34)30-22-9-8-18(26)14-29-22/h4-9,12-14H,1,10-11,15H2,2-3H3,(H,31,33)(H,29,30,34). The lowest BCUT2D eigenvalue weighted by Gasteiger charge is -2.17. The summed E-state index contributed by atoms with van der Waals surface area (Å²) in [6.45, 7) is 5.65. The van der Waals surface area contributed by atoms with Crippen LogP contribution < -0.4 is 15.4 Å². The molecule has 8 nitrogen and oxygen atoms in total. The highest BCUT2D eigenvalue weighted by molar-refractivity contribution is 6.32. The molecule has 0 atom stereocenters. The number of aliphatic imine (C=N–C) groups is 1. The summed E-state index contributed by atoms with van der Waals surface area (Å²) in [5.41, 5.74) is 1.78. The number of rotatable bonds is 10. The number of pyridine rings is 1. The Hall–Kier alpha value is -3.46. The number of aromatic nitrogens is 1. The zero-order valence-electron chi connectivity index (χ0n) is 19.3. The number of anilines is 2. The average molecular weight is 514 g/mol. The number of nitrogens with zero attached hydrogens (tertiary/aromatic N) is 3. The Morgan fingerprint density at radius 1 is 1.06 bits per heavy atom. The number of halogens is 2. The summed E-state index contributed by atoms with van der Waals surface area (Å²) < 4.78 is 5.38. The lowest BCUT2D eigenvalue weighted by Crippen LogP contribution is -2.21. The van der Waals surface area contributed by atoms with Crippen molar-refractivity contribution in [2.45, 2.75) is 6.54 Å². The van der Waals surface area contributed by atoms with E-state index in [1.165, 1.54) is 25.4 Å². The van der Waals surface area contributed by atoms with Crippen LogP contribution in [0.3, 0.4) is 0 Å². The maximum Gasteiger partial charge on any atom is 0.259 e. The predicted octanol–water partition coefficient (Wildman–Crippen LogP) is 5.03. The number of hydrogen-bond acceptors (Lipinski definition) is 6. The van der Waals surface area contributed by atoms with Crippen LogP contribution in [0.15, 0.2) is 59.7 Å². The van der Waals surface area contributed by atoms with E-state index in [0.29, 0.717) is 29.5 Å². The zero-order chi connectivity index (χ0) is 25.4. The minimum absolute atomic E-state index is 0.119. The molecule has 0 saturated heterocycles. The molecule has 10 heteroatoms. The quantitative estimate of drug-likeness (QED) is 0.370. The van der Waals surface area contributed by atoms with Crippen molar-refractivity contribution in [3.63, 3.8) is 0 Å². The molecule has 0 aliphatic carbocycles. The highest BCUT2D eigenvalue weighted by atomic mass is 35.5. The second-order valence-corrected chi connectivity index (χ2v) is 8.56. The first-order valence-electron chi connectivity index (χ1n) is 10.6. The van der Waals surface area contributed by atoms with Crippen LogP contribution >= 0.6 is 23.2 Å². The highest BCUT2D eigenvalue weighted by Crippen LogP contribution is 2.33. The monoisotopic (exact) mass is 513 g/mol. The number of amides is 2. The van der Waals surface area contributed by atoms with E-state index in [2.05, 4.69) is 32.2 Å². The third-order valence-electron chi connectivity index (χ3n) is 5.05. The lowest BCUT2D eigenvalue weighted by molar-refractivity contribution is 0.102. The van der Waals surface area contributed by atoms with Gasteiger partial charge in [0.15, 0.2) is 0 Å². The van der Waals surface area contributed by atoms with Crippen molar-refractivity contribution in [1.82, 2.24) is 9.88 Å². The van der Waals surface area contributed by atoms with Crippen LogP contribution in [0.5, 0.6) is 5.75 Å². The van der Waals surface area contributed by atoms with E-state index >= 15 is 0 Å². The molecule has 0 saturated carbocycles. The maximum atomic E-state index is 13.0. The summed E-state index contributed by atoms with van der Waals surface area (Å²) in [7, 11) is 3.42. The molecule has 1 heterocycles.